The molecule has 1 heterocycles. The zero-order chi connectivity index (χ0) is 14.0. The second-order valence-electron chi connectivity index (χ2n) is 4.10. The molecule has 0 radical (unpaired) electrons. The molecule has 0 saturated carbocycles. The van der Waals surface area contributed by atoms with E-state index in [4.69, 9.17) is 4.74 Å². The topological polar surface area (TPSA) is 84.1 Å². The van der Waals surface area contributed by atoms with Crippen molar-refractivity contribution in [2.75, 3.05) is 11.8 Å². The lowest BCUT2D eigenvalue weighted by Crippen LogP contribution is -2.13. The van der Waals surface area contributed by atoms with Crippen LogP contribution >= 0.6 is 0 Å². The van der Waals surface area contributed by atoms with Crippen LogP contribution in [-0.4, -0.2) is 25.7 Å². The maximum atomic E-state index is 12.2. The van der Waals surface area contributed by atoms with E-state index in [1.54, 1.807) is 19.1 Å². The number of aryl methyl sites for hydroxylation is 1. The van der Waals surface area contributed by atoms with Crippen LogP contribution in [0.1, 0.15) is 11.3 Å². The first-order valence-corrected chi connectivity index (χ1v) is 7.11. The summed E-state index contributed by atoms with van der Waals surface area (Å²) >= 11 is 0. The molecule has 0 saturated heterocycles. The summed E-state index contributed by atoms with van der Waals surface area (Å²) in [5.74, 6) is 0.916. The molecule has 1 aromatic heterocycles. The minimum absolute atomic E-state index is 0.161. The van der Waals surface area contributed by atoms with Crippen molar-refractivity contribution in [3.8, 4) is 5.75 Å². The number of hydrogen-bond acceptors (Lipinski definition) is 4. The number of benzene rings is 1. The summed E-state index contributed by atoms with van der Waals surface area (Å²) < 4.78 is 31.8. The van der Waals surface area contributed by atoms with Crippen LogP contribution in [0, 0.1) is 13.8 Å². The van der Waals surface area contributed by atoms with Crippen molar-refractivity contribution in [3.05, 3.63) is 35.5 Å². The zero-order valence-corrected chi connectivity index (χ0v) is 11.7. The molecule has 0 atom stereocenters. The minimum atomic E-state index is -3.64. The predicted molar refractivity (Wildman–Crippen MR) is 71.9 cm³/mol. The van der Waals surface area contributed by atoms with Gasteiger partial charge in [-0.05, 0) is 38.1 Å². The minimum Gasteiger partial charge on any atom is -0.497 e. The van der Waals surface area contributed by atoms with Crippen LogP contribution in [0.2, 0.25) is 0 Å². The lowest BCUT2D eigenvalue weighted by atomic mass is 10.3. The number of nitrogens with one attached hydrogen (secondary N) is 2. The summed E-state index contributed by atoms with van der Waals surface area (Å²) in [4.78, 5) is 0.161. The van der Waals surface area contributed by atoms with Crippen molar-refractivity contribution >= 4 is 15.8 Å². The van der Waals surface area contributed by atoms with Crippen molar-refractivity contribution in [2.45, 2.75) is 18.7 Å². The first-order chi connectivity index (χ1) is 8.94. The molecule has 2 aromatic rings. The Morgan fingerprint density at radius 1 is 1.21 bits per heavy atom. The molecular formula is C12H15N3O3S. The molecule has 0 aliphatic heterocycles. The van der Waals surface area contributed by atoms with Gasteiger partial charge >= 0.3 is 0 Å². The van der Waals surface area contributed by atoms with E-state index < -0.39 is 10.0 Å². The number of nitrogens with zero attached hydrogens (tertiary/aromatic N) is 1. The summed E-state index contributed by atoms with van der Waals surface area (Å²) in [6, 6.07) is 6.15. The Morgan fingerprint density at radius 2 is 1.84 bits per heavy atom. The van der Waals surface area contributed by atoms with Gasteiger partial charge in [0.2, 0.25) is 0 Å². The van der Waals surface area contributed by atoms with Gasteiger partial charge in [0.05, 0.1) is 12.0 Å². The molecule has 7 heteroatoms. The molecular weight excluding hydrogens is 266 g/mol. The molecule has 6 nitrogen and oxygen atoms in total. The Bertz CT molecular complexity index is 675. The highest BCUT2D eigenvalue weighted by molar-refractivity contribution is 7.92. The third kappa shape index (κ3) is 2.70. The maximum Gasteiger partial charge on any atom is 0.263 e. The highest BCUT2D eigenvalue weighted by atomic mass is 32.2. The van der Waals surface area contributed by atoms with Crippen LogP contribution in [0.5, 0.6) is 5.75 Å². The normalized spacial score (nSPS) is 11.3. The van der Waals surface area contributed by atoms with Crippen LogP contribution < -0.4 is 9.46 Å². The van der Waals surface area contributed by atoms with E-state index in [0.717, 1.165) is 11.3 Å². The Balaban J connectivity index is 2.29. The van der Waals surface area contributed by atoms with Gasteiger partial charge in [-0.15, -0.1) is 0 Å². The summed E-state index contributed by atoms with van der Waals surface area (Å²) in [7, 11) is -2.11. The Labute approximate surface area is 111 Å². The molecule has 2 rings (SSSR count). The van der Waals surface area contributed by atoms with Crippen molar-refractivity contribution in [3.63, 3.8) is 0 Å². The molecule has 0 spiro atoms. The Kier molecular flexibility index (Phi) is 3.48. The number of ether oxygens (including phenoxy) is 1. The first-order valence-electron chi connectivity index (χ1n) is 5.62. The lowest BCUT2D eigenvalue weighted by Gasteiger charge is -2.07. The van der Waals surface area contributed by atoms with E-state index >= 15 is 0 Å². The average Bonchev–Trinajstić information content (AvgIpc) is 2.70. The SMILES string of the molecule is COc1ccc(S(=O)(=O)Nc2n[nH]c(C)c2C)cc1. The quantitative estimate of drug-likeness (QED) is 0.895. The van der Waals surface area contributed by atoms with Crippen molar-refractivity contribution in [1.82, 2.24) is 10.2 Å². The number of aromatic amines is 1. The standard InChI is InChI=1S/C12H15N3O3S/c1-8-9(2)13-14-12(8)15-19(16,17)11-6-4-10(18-3)5-7-11/h4-7H,1-3H3,(H2,13,14,15). The average molecular weight is 281 g/mol. The smallest absolute Gasteiger partial charge is 0.263 e. The molecule has 0 aliphatic rings. The first kappa shape index (κ1) is 13.4. The fraction of sp³-hybridized carbons (Fsp3) is 0.250. The van der Waals surface area contributed by atoms with Gasteiger partial charge in [-0.2, -0.15) is 5.10 Å². The van der Waals surface area contributed by atoms with Crippen molar-refractivity contribution in [1.29, 1.82) is 0 Å². The van der Waals surface area contributed by atoms with E-state index in [-0.39, 0.29) is 4.90 Å². The third-order valence-corrected chi connectivity index (χ3v) is 4.21. The molecule has 0 aliphatic carbocycles. The highest BCUT2D eigenvalue weighted by Crippen LogP contribution is 2.20. The predicted octanol–water partition coefficient (Wildman–Crippen LogP) is 1.84. The zero-order valence-electron chi connectivity index (χ0n) is 10.9. The van der Waals surface area contributed by atoms with Gasteiger partial charge in [-0.25, -0.2) is 8.42 Å². The molecule has 0 bridgehead atoms. The van der Waals surface area contributed by atoms with E-state index in [9.17, 15) is 8.42 Å². The second kappa shape index (κ2) is 4.93. The number of anilines is 1. The number of H-pyrrole nitrogens is 1. The fourth-order valence-electron chi connectivity index (χ4n) is 1.53. The number of sulfonamides is 1. The molecule has 1 aromatic carbocycles. The third-order valence-electron chi connectivity index (χ3n) is 2.85. The van der Waals surface area contributed by atoms with E-state index in [0.29, 0.717) is 11.6 Å². The monoisotopic (exact) mass is 281 g/mol. The van der Waals surface area contributed by atoms with Gasteiger partial charge in [0.15, 0.2) is 5.82 Å². The highest BCUT2D eigenvalue weighted by Gasteiger charge is 2.17. The van der Waals surface area contributed by atoms with Crippen LogP contribution in [0.25, 0.3) is 0 Å². The van der Waals surface area contributed by atoms with Gasteiger partial charge < -0.3 is 4.74 Å². The molecule has 19 heavy (non-hydrogen) atoms. The van der Waals surface area contributed by atoms with Crippen LogP contribution in [0.4, 0.5) is 5.82 Å². The number of rotatable bonds is 4. The molecule has 102 valence electrons. The van der Waals surface area contributed by atoms with Gasteiger partial charge in [-0.3, -0.25) is 9.82 Å². The number of aromatic nitrogens is 2. The summed E-state index contributed by atoms with van der Waals surface area (Å²) in [5, 5.41) is 6.65. The number of methoxy groups -OCH3 is 1. The summed E-state index contributed by atoms with van der Waals surface area (Å²) in [6.07, 6.45) is 0. The maximum absolute atomic E-state index is 12.2. The van der Waals surface area contributed by atoms with E-state index in [2.05, 4.69) is 14.9 Å². The molecule has 0 amide bonds. The molecule has 2 N–H and O–H groups in total. The van der Waals surface area contributed by atoms with Crippen molar-refractivity contribution < 1.29 is 13.2 Å². The van der Waals surface area contributed by atoms with Gasteiger partial charge in [0.1, 0.15) is 5.75 Å². The van der Waals surface area contributed by atoms with E-state index in [1.165, 1.54) is 19.2 Å². The summed E-state index contributed by atoms with van der Waals surface area (Å²) in [6.45, 7) is 3.62. The van der Waals surface area contributed by atoms with Crippen molar-refractivity contribution in [2.24, 2.45) is 0 Å². The molecule has 0 fully saturated rings. The van der Waals surface area contributed by atoms with Crippen LogP contribution in [0.3, 0.4) is 0 Å². The van der Waals surface area contributed by atoms with Crippen LogP contribution in [0.15, 0.2) is 29.2 Å². The van der Waals surface area contributed by atoms with Gasteiger partial charge in [-0.1, -0.05) is 0 Å². The summed E-state index contributed by atoms with van der Waals surface area (Å²) in [5.41, 5.74) is 1.60. The van der Waals surface area contributed by atoms with Gasteiger partial charge in [0, 0.05) is 11.3 Å². The fourth-order valence-corrected chi connectivity index (χ4v) is 2.59. The van der Waals surface area contributed by atoms with Gasteiger partial charge in [0.25, 0.3) is 10.0 Å². The van der Waals surface area contributed by atoms with E-state index in [1.807, 2.05) is 6.92 Å². The lowest BCUT2D eigenvalue weighted by molar-refractivity contribution is 0.414. The molecule has 0 unspecified atom stereocenters. The Hall–Kier alpha value is -2.02. The Morgan fingerprint density at radius 3 is 2.32 bits per heavy atom. The largest absolute Gasteiger partial charge is 0.497 e. The number of hydrogen-bond donors (Lipinski definition) is 2. The second-order valence-corrected chi connectivity index (χ2v) is 5.79. The van der Waals surface area contributed by atoms with Crippen LogP contribution in [-0.2, 0) is 10.0 Å².